The van der Waals surface area contributed by atoms with Crippen LogP contribution < -0.4 is 10.5 Å². The Labute approximate surface area is 113 Å². The molecule has 18 heavy (non-hydrogen) atoms. The van der Waals surface area contributed by atoms with E-state index in [2.05, 4.69) is 0 Å². The molecule has 0 heterocycles. The van der Waals surface area contributed by atoms with Crippen molar-refractivity contribution in [1.82, 2.24) is 4.90 Å². The molecule has 1 aromatic rings. The fraction of sp³-hybridized carbons (Fsp3) is 0.385. The van der Waals surface area contributed by atoms with Crippen molar-refractivity contribution in [2.75, 3.05) is 20.7 Å². The average molecular weight is 266 g/mol. The molecule has 4 nitrogen and oxygen atoms in total. The minimum atomic E-state index is 0.107. The largest absolute Gasteiger partial charge is 0.494 e. The van der Waals surface area contributed by atoms with Gasteiger partial charge in [-0.1, -0.05) is 24.4 Å². The van der Waals surface area contributed by atoms with Crippen molar-refractivity contribution in [2.45, 2.75) is 12.8 Å². The molecular formula is C13H18N2O2S. The summed E-state index contributed by atoms with van der Waals surface area (Å²) in [4.78, 5) is 13.3. The van der Waals surface area contributed by atoms with Gasteiger partial charge in [-0.3, -0.25) is 4.79 Å². The van der Waals surface area contributed by atoms with Gasteiger partial charge in [-0.2, -0.15) is 0 Å². The molecule has 0 radical (unpaired) electrons. The Morgan fingerprint density at radius 2 is 2.17 bits per heavy atom. The van der Waals surface area contributed by atoms with Crippen molar-refractivity contribution < 1.29 is 9.53 Å². The highest BCUT2D eigenvalue weighted by Crippen LogP contribution is 2.13. The first-order valence-electron chi connectivity index (χ1n) is 5.73. The van der Waals surface area contributed by atoms with Crippen molar-refractivity contribution >= 4 is 23.1 Å². The van der Waals surface area contributed by atoms with Gasteiger partial charge in [0.1, 0.15) is 10.7 Å². The summed E-state index contributed by atoms with van der Waals surface area (Å²) in [5.41, 5.74) is 6.32. The molecule has 1 rings (SSSR count). The van der Waals surface area contributed by atoms with Crippen LogP contribution in [0.3, 0.4) is 0 Å². The number of carbonyl (C=O) groups is 1. The van der Waals surface area contributed by atoms with Crippen LogP contribution in [0.1, 0.15) is 18.4 Å². The van der Waals surface area contributed by atoms with Gasteiger partial charge in [0, 0.05) is 26.1 Å². The molecule has 0 aliphatic carbocycles. The molecule has 0 atom stereocenters. The summed E-state index contributed by atoms with van der Waals surface area (Å²) in [5.74, 6) is 0.827. The number of nitrogens with two attached hydrogens (primary N) is 1. The highest BCUT2D eigenvalue weighted by molar-refractivity contribution is 7.80. The van der Waals surface area contributed by atoms with Gasteiger partial charge in [-0.05, 0) is 18.6 Å². The van der Waals surface area contributed by atoms with E-state index >= 15 is 0 Å². The summed E-state index contributed by atoms with van der Waals surface area (Å²) < 4.78 is 5.54. The highest BCUT2D eigenvalue weighted by atomic mass is 32.1. The fourth-order valence-electron chi connectivity index (χ4n) is 1.38. The number of ether oxygens (including phenoxy) is 1. The van der Waals surface area contributed by atoms with Crippen LogP contribution in [-0.2, 0) is 4.79 Å². The Bertz CT molecular complexity index is 433. The lowest BCUT2D eigenvalue weighted by Crippen LogP contribution is -2.21. The molecule has 0 saturated carbocycles. The average Bonchev–Trinajstić information content (AvgIpc) is 2.34. The lowest BCUT2D eigenvalue weighted by molar-refractivity contribution is -0.128. The maximum atomic E-state index is 11.3. The zero-order valence-corrected chi connectivity index (χ0v) is 11.5. The van der Waals surface area contributed by atoms with Crippen LogP contribution in [0.15, 0.2) is 24.3 Å². The molecule has 0 bridgehead atoms. The Morgan fingerprint density at radius 3 is 2.78 bits per heavy atom. The number of hydrogen-bond donors (Lipinski definition) is 1. The molecule has 0 unspecified atom stereocenters. The number of hydrogen-bond acceptors (Lipinski definition) is 3. The van der Waals surface area contributed by atoms with Gasteiger partial charge in [0.2, 0.25) is 5.91 Å². The maximum absolute atomic E-state index is 11.3. The molecular weight excluding hydrogens is 248 g/mol. The number of benzene rings is 1. The van der Waals surface area contributed by atoms with Crippen molar-refractivity contribution in [1.29, 1.82) is 0 Å². The van der Waals surface area contributed by atoms with Crippen LogP contribution in [0, 0.1) is 0 Å². The van der Waals surface area contributed by atoms with Crippen LogP contribution in [0.2, 0.25) is 0 Å². The summed E-state index contributed by atoms with van der Waals surface area (Å²) in [6, 6.07) is 7.32. The van der Waals surface area contributed by atoms with E-state index in [-0.39, 0.29) is 5.91 Å². The Hall–Kier alpha value is -1.62. The van der Waals surface area contributed by atoms with Gasteiger partial charge >= 0.3 is 0 Å². The first-order chi connectivity index (χ1) is 8.50. The van der Waals surface area contributed by atoms with E-state index in [1.807, 2.05) is 18.2 Å². The van der Waals surface area contributed by atoms with Gasteiger partial charge in [0.15, 0.2) is 0 Å². The lowest BCUT2D eigenvalue weighted by Gasteiger charge is -2.10. The molecule has 0 fully saturated rings. The minimum Gasteiger partial charge on any atom is -0.494 e. The van der Waals surface area contributed by atoms with Crippen LogP contribution in [-0.4, -0.2) is 36.5 Å². The lowest BCUT2D eigenvalue weighted by atomic mass is 10.2. The third-order valence-electron chi connectivity index (χ3n) is 2.42. The van der Waals surface area contributed by atoms with Gasteiger partial charge < -0.3 is 15.4 Å². The van der Waals surface area contributed by atoms with E-state index in [0.29, 0.717) is 24.4 Å². The third-order valence-corrected chi connectivity index (χ3v) is 2.66. The SMILES string of the molecule is CN(C)C(=O)CCCOc1cccc(C(N)=S)c1. The van der Waals surface area contributed by atoms with Crippen molar-refractivity contribution in [2.24, 2.45) is 5.73 Å². The van der Waals surface area contributed by atoms with Gasteiger partial charge in [-0.25, -0.2) is 0 Å². The zero-order chi connectivity index (χ0) is 13.5. The molecule has 0 aromatic heterocycles. The zero-order valence-electron chi connectivity index (χ0n) is 10.7. The van der Waals surface area contributed by atoms with Crippen molar-refractivity contribution in [3.63, 3.8) is 0 Å². The van der Waals surface area contributed by atoms with E-state index in [1.165, 1.54) is 0 Å². The second-order valence-corrected chi connectivity index (χ2v) is 4.57. The van der Waals surface area contributed by atoms with Crippen molar-refractivity contribution in [3.8, 4) is 5.75 Å². The Morgan fingerprint density at radius 1 is 1.44 bits per heavy atom. The normalized spacial score (nSPS) is 9.89. The number of amides is 1. The Kier molecular flexibility index (Phi) is 5.58. The predicted octanol–water partition coefficient (Wildman–Crippen LogP) is 1.57. The second-order valence-electron chi connectivity index (χ2n) is 4.13. The number of rotatable bonds is 6. The predicted molar refractivity (Wildman–Crippen MR) is 75.8 cm³/mol. The molecule has 1 aromatic carbocycles. The summed E-state index contributed by atoms with van der Waals surface area (Å²) in [5, 5.41) is 0. The summed E-state index contributed by atoms with van der Waals surface area (Å²) in [7, 11) is 3.49. The number of carbonyl (C=O) groups excluding carboxylic acids is 1. The monoisotopic (exact) mass is 266 g/mol. The van der Waals surface area contributed by atoms with Gasteiger partial charge in [-0.15, -0.1) is 0 Å². The molecule has 0 aliphatic heterocycles. The van der Waals surface area contributed by atoms with E-state index in [0.717, 1.165) is 11.3 Å². The third kappa shape index (κ3) is 4.71. The summed E-state index contributed by atoms with van der Waals surface area (Å²) in [6.45, 7) is 0.500. The van der Waals surface area contributed by atoms with Crippen molar-refractivity contribution in [3.05, 3.63) is 29.8 Å². The quantitative estimate of drug-likeness (QED) is 0.627. The molecule has 0 saturated heterocycles. The van der Waals surface area contributed by atoms with E-state index in [1.54, 1.807) is 25.1 Å². The highest BCUT2D eigenvalue weighted by Gasteiger charge is 2.04. The Balaban J connectivity index is 2.38. The molecule has 0 aliphatic rings. The van der Waals surface area contributed by atoms with Crippen LogP contribution >= 0.6 is 12.2 Å². The standard InChI is InChI=1S/C13H18N2O2S/c1-15(2)12(16)7-4-8-17-11-6-3-5-10(9-11)13(14)18/h3,5-6,9H,4,7-8H2,1-2H3,(H2,14,18). The van der Waals surface area contributed by atoms with E-state index in [9.17, 15) is 4.79 Å². The second kappa shape index (κ2) is 6.96. The maximum Gasteiger partial charge on any atom is 0.222 e. The van der Waals surface area contributed by atoms with Crippen LogP contribution in [0.5, 0.6) is 5.75 Å². The molecule has 0 spiro atoms. The topological polar surface area (TPSA) is 55.6 Å². The molecule has 98 valence electrons. The van der Waals surface area contributed by atoms with Crippen LogP contribution in [0.25, 0.3) is 0 Å². The number of nitrogens with zero attached hydrogens (tertiary/aromatic N) is 1. The van der Waals surface area contributed by atoms with Crippen LogP contribution in [0.4, 0.5) is 0 Å². The fourth-order valence-corrected chi connectivity index (χ4v) is 1.50. The van der Waals surface area contributed by atoms with E-state index in [4.69, 9.17) is 22.7 Å². The smallest absolute Gasteiger partial charge is 0.222 e. The minimum absolute atomic E-state index is 0.107. The van der Waals surface area contributed by atoms with Gasteiger partial charge in [0.25, 0.3) is 0 Å². The van der Waals surface area contributed by atoms with Gasteiger partial charge in [0.05, 0.1) is 6.61 Å². The number of thiocarbonyl (C=S) groups is 1. The summed E-state index contributed by atoms with van der Waals surface area (Å²) in [6.07, 6.45) is 1.18. The van der Waals surface area contributed by atoms with E-state index < -0.39 is 0 Å². The first kappa shape index (κ1) is 14.4. The molecule has 2 N–H and O–H groups in total. The molecule has 1 amide bonds. The molecule has 5 heteroatoms. The first-order valence-corrected chi connectivity index (χ1v) is 6.14. The summed E-state index contributed by atoms with van der Waals surface area (Å²) >= 11 is 4.89.